The Morgan fingerprint density at radius 3 is 2.20 bits per heavy atom. The van der Waals surface area contributed by atoms with E-state index in [4.69, 9.17) is 0 Å². The van der Waals surface area contributed by atoms with E-state index in [1.807, 2.05) is 6.92 Å². The second-order valence-electron chi connectivity index (χ2n) is 4.71. The van der Waals surface area contributed by atoms with E-state index in [-0.39, 0.29) is 23.3 Å². The van der Waals surface area contributed by atoms with Crippen molar-refractivity contribution in [2.45, 2.75) is 46.5 Å². The summed E-state index contributed by atoms with van der Waals surface area (Å²) in [5, 5.41) is 0. The number of carbonyl (C=O) groups excluding carboxylic acids is 3. The lowest BCUT2D eigenvalue weighted by Gasteiger charge is -2.35. The SMILES string of the molecule is CC(=O)C[C@H](C)C1(C)C(=O)CCCC1=O. The Morgan fingerprint density at radius 2 is 1.80 bits per heavy atom. The van der Waals surface area contributed by atoms with E-state index < -0.39 is 5.41 Å². The summed E-state index contributed by atoms with van der Waals surface area (Å²) in [7, 11) is 0. The highest BCUT2D eigenvalue weighted by Crippen LogP contribution is 2.38. The summed E-state index contributed by atoms with van der Waals surface area (Å²) >= 11 is 0. The van der Waals surface area contributed by atoms with Gasteiger partial charge in [-0.3, -0.25) is 9.59 Å². The van der Waals surface area contributed by atoms with Gasteiger partial charge in [-0.15, -0.1) is 0 Å². The van der Waals surface area contributed by atoms with Crippen LogP contribution in [-0.2, 0) is 14.4 Å². The van der Waals surface area contributed by atoms with Crippen LogP contribution in [0.25, 0.3) is 0 Å². The van der Waals surface area contributed by atoms with Gasteiger partial charge >= 0.3 is 0 Å². The molecule has 0 unspecified atom stereocenters. The van der Waals surface area contributed by atoms with Gasteiger partial charge in [0.2, 0.25) is 0 Å². The molecular formula is C12H18O3. The quantitative estimate of drug-likeness (QED) is 0.669. The Bertz CT molecular complexity index is 288. The zero-order chi connectivity index (χ0) is 11.6. The minimum atomic E-state index is -0.913. The summed E-state index contributed by atoms with van der Waals surface area (Å²) in [5.74, 6) is -0.120. The molecule has 1 aliphatic carbocycles. The van der Waals surface area contributed by atoms with Crippen LogP contribution in [-0.4, -0.2) is 17.3 Å². The molecule has 1 atom stereocenters. The van der Waals surface area contributed by atoms with Gasteiger partial charge in [-0.25, -0.2) is 0 Å². The van der Waals surface area contributed by atoms with Crippen LogP contribution in [0.15, 0.2) is 0 Å². The lowest BCUT2D eigenvalue weighted by molar-refractivity contribution is -0.146. The minimum Gasteiger partial charge on any atom is -0.300 e. The molecule has 1 aliphatic rings. The molecule has 0 spiro atoms. The highest BCUT2D eigenvalue weighted by atomic mass is 16.2. The first-order valence-corrected chi connectivity index (χ1v) is 5.45. The van der Waals surface area contributed by atoms with E-state index >= 15 is 0 Å². The summed E-state index contributed by atoms with van der Waals surface area (Å²) in [6.07, 6.45) is 1.93. The van der Waals surface area contributed by atoms with Crippen LogP contribution in [0.2, 0.25) is 0 Å². The van der Waals surface area contributed by atoms with E-state index in [1.165, 1.54) is 6.92 Å². The van der Waals surface area contributed by atoms with Gasteiger partial charge in [-0.1, -0.05) is 6.92 Å². The Labute approximate surface area is 90.2 Å². The van der Waals surface area contributed by atoms with Crippen molar-refractivity contribution in [2.24, 2.45) is 11.3 Å². The number of hydrogen-bond acceptors (Lipinski definition) is 3. The van der Waals surface area contributed by atoms with Crippen molar-refractivity contribution < 1.29 is 14.4 Å². The molecule has 0 amide bonds. The molecule has 0 bridgehead atoms. The predicted octanol–water partition coefficient (Wildman–Crippen LogP) is 1.93. The minimum absolute atomic E-state index is 0.00694. The fourth-order valence-electron chi connectivity index (χ4n) is 2.27. The molecule has 0 aromatic carbocycles. The van der Waals surface area contributed by atoms with Crippen molar-refractivity contribution in [2.75, 3.05) is 0 Å². The zero-order valence-electron chi connectivity index (χ0n) is 9.63. The van der Waals surface area contributed by atoms with Crippen molar-refractivity contribution in [3.63, 3.8) is 0 Å². The second-order valence-corrected chi connectivity index (χ2v) is 4.71. The van der Waals surface area contributed by atoms with Gasteiger partial charge < -0.3 is 4.79 Å². The summed E-state index contributed by atoms with van der Waals surface area (Å²) < 4.78 is 0. The van der Waals surface area contributed by atoms with Crippen LogP contribution < -0.4 is 0 Å². The molecule has 0 heterocycles. The molecule has 0 aliphatic heterocycles. The molecule has 1 fully saturated rings. The van der Waals surface area contributed by atoms with Gasteiger partial charge in [0, 0.05) is 19.3 Å². The third-order valence-corrected chi connectivity index (χ3v) is 3.55. The maximum atomic E-state index is 11.8. The third-order valence-electron chi connectivity index (χ3n) is 3.55. The van der Waals surface area contributed by atoms with Gasteiger partial charge in [0.05, 0.1) is 5.41 Å². The maximum Gasteiger partial charge on any atom is 0.146 e. The normalized spacial score (nSPS) is 22.6. The Balaban J connectivity index is 2.90. The van der Waals surface area contributed by atoms with Crippen molar-refractivity contribution in [1.82, 2.24) is 0 Å². The Morgan fingerprint density at radius 1 is 1.33 bits per heavy atom. The molecule has 3 nitrogen and oxygen atoms in total. The van der Waals surface area contributed by atoms with E-state index in [2.05, 4.69) is 0 Å². The lowest BCUT2D eigenvalue weighted by Crippen LogP contribution is -2.45. The standard InChI is InChI=1S/C12H18O3/c1-8(7-9(2)13)12(3)10(14)5-4-6-11(12)15/h8H,4-7H2,1-3H3/t8-/m0/s1. The lowest BCUT2D eigenvalue weighted by atomic mass is 9.65. The van der Waals surface area contributed by atoms with E-state index in [9.17, 15) is 14.4 Å². The number of ketones is 3. The Kier molecular flexibility index (Phi) is 3.42. The van der Waals surface area contributed by atoms with Crippen LogP contribution >= 0.6 is 0 Å². The van der Waals surface area contributed by atoms with Crippen molar-refractivity contribution >= 4 is 17.3 Å². The van der Waals surface area contributed by atoms with Gasteiger partial charge in [-0.05, 0) is 26.2 Å². The summed E-state index contributed by atoms with van der Waals surface area (Å²) in [6, 6.07) is 0. The van der Waals surface area contributed by atoms with E-state index in [0.29, 0.717) is 25.7 Å². The van der Waals surface area contributed by atoms with Crippen molar-refractivity contribution in [3.8, 4) is 0 Å². The highest BCUT2D eigenvalue weighted by Gasteiger charge is 2.46. The molecule has 0 radical (unpaired) electrons. The van der Waals surface area contributed by atoms with Gasteiger partial charge in [0.25, 0.3) is 0 Å². The molecule has 15 heavy (non-hydrogen) atoms. The predicted molar refractivity (Wildman–Crippen MR) is 56.4 cm³/mol. The smallest absolute Gasteiger partial charge is 0.146 e. The topological polar surface area (TPSA) is 51.2 Å². The molecule has 0 saturated heterocycles. The van der Waals surface area contributed by atoms with E-state index in [0.717, 1.165) is 0 Å². The molecule has 84 valence electrons. The van der Waals surface area contributed by atoms with Crippen molar-refractivity contribution in [3.05, 3.63) is 0 Å². The third kappa shape index (κ3) is 2.16. The summed E-state index contributed by atoms with van der Waals surface area (Å²) in [5.41, 5.74) is -0.913. The average Bonchev–Trinajstić information content (AvgIpc) is 2.12. The number of rotatable bonds is 3. The monoisotopic (exact) mass is 210 g/mol. The van der Waals surface area contributed by atoms with Gasteiger partial charge in [0.15, 0.2) is 0 Å². The Hall–Kier alpha value is -0.990. The highest BCUT2D eigenvalue weighted by molar-refractivity contribution is 6.09. The molecule has 1 rings (SSSR count). The number of hydrogen-bond donors (Lipinski definition) is 0. The first-order chi connectivity index (χ1) is 6.89. The molecule has 0 aromatic rings. The average molecular weight is 210 g/mol. The maximum absolute atomic E-state index is 11.8. The molecule has 3 heteroatoms. The van der Waals surface area contributed by atoms with Crippen LogP contribution in [0, 0.1) is 11.3 Å². The van der Waals surface area contributed by atoms with E-state index in [1.54, 1.807) is 6.92 Å². The summed E-state index contributed by atoms with van der Waals surface area (Å²) in [4.78, 5) is 34.7. The van der Waals surface area contributed by atoms with Crippen LogP contribution in [0.4, 0.5) is 0 Å². The molecule has 1 saturated carbocycles. The van der Waals surface area contributed by atoms with Crippen LogP contribution in [0.5, 0.6) is 0 Å². The van der Waals surface area contributed by atoms with Gasteiger partial charge in [0.1, 0.15) is 17.3 Å². The van der Waals surface area contributed by atoms with Gasteiger partial charge in [-0.2, -0.15) is 0 Å². The fraction of sp³-hybridized carbons (Fsp3) is 0.750. The second kappa shape index (κ2) is 4.25. The molecule has 0 aromatic heterocycles. The largest absolute Gasteiger partial charge is 0.300 e. The first-order valence-electron chi connectivity index (χ1n) is 5.45. The van der Waals surface area contributed by atoms with Crippen molar-refractivity contribution in [1.29, 1.82) is 0 Å². The number of Topliss-reactive ketones (excluding diaryl/α,β-unsaturated/α-hetero) is 3. The fourth-order valence-corrected chi connectivity index (χ4v) is 2.27. The number of carbonyl (C=O) groups is 3. The molecule has 0 N–H and O–H groups in total. The van der Waals surface area contributed by atoms with Crippen LogP contribution in [0.3, 0.4) is 0 Å². The zero-order valence-corrected chi connectivity index (χ0v) is 9.63. The van der Waals surface area contributed by atoms with Crippen LogP contribution in [0.1, 0.15) is 46.5 Å². The summed E-state index contributed by atoms with van der Waals surface area (Å²) in [6.45, 7) is 5.02. The molecular weight excluding hydrogens is 192 g/mol. The first kappa shape index (κ1) is 12.1.